The molecule has 0 bridgehead atoms. The van der Waals surface area contributed by atoms with Crippen LogP contribution in [0, 0.1) is 18.8 Å². The summed E-state index contributed by atoms with van der Waals surface area (Å²) in [6.45, 7) is 1.97. The maximum atomic E-state index is 12.8. The number of esters is 1. The number of carboxylic acids is 1. The fourth-order valence-electron chi connectivity index (χ4n) is 3.28. The highest BCUT2D eigenvalue weighted by molar-refractivity contribution is 7.15. The van der Waals surface area contributed by atoms with Gasteiger partial charge in [0.15, 0.2) is 0 Å². The quantitative estimate of drug-likeness (QED) is 0.583. The number of carbonyl (C=O) groups is 3. The summed E-state index contributed by atoms with van der Waals surface area (Å²) < 4.78 is 4.92. The summed E-state index contributed by atoms with van der Waals surface area (Å²) in [5.74, 6) is -3.41. The number of hydrogen-bond acceptors (Lipinski definition) is 5. The molecule has 0 fully saturated rings. The number of amides is 1. The van der Waals surface area contributed by atoms with Crippen molar-refractivity contribution in [2.24, 2.45) is 11.8 Å². The molecule has 1 aliphatic rings. The number of rotatable bonds is 5. The number of carboxylic acid groups (broad SMARTS) is 1. The van der Waals surface area contributed by atoms with E-state index in [-0.39, 0.29) is 5.56 Å². The lowest BCUT2D eigenvalue weighted by Gasteiger charge is -2.24. The van der Waals surface area contributed by atoms with Crippen molar-refractivity contribution in [2.75, 3.05) is 12.4 Å². The Morgan fingerprint density at radius 1 is 1.11 bits per heavy atom. The lowest BCUT2D eigenvalue weighted by atomic mass is 9.82. The Morgan fingerprint density at radius 3 is 2.36 bits per heavy atom. The van der Waals surface area contributed by atoms with Gasteiger partial charge in [-0.15, -0.1) is 11.3 Å². The maximum absolute atomic E-state index is 12.8. The number of carbonyl (C=O) groups excluding carboxylic acids is 2. The Kier molecular flexibility index (Phi) is 5.94. The van der Waals surface area contributed by atoms with Gasteiger partial charge in [0, 0.05) is 10.9 Å². The van der Waals surface area contributed by atoms with Crippen LogP contribution >= 0.6 is 11.3 Å². The maximum Gasteiger partial charge on any atom is 0.341 e. The van der Waals surface area contributed by atoms with Crippen molar-refractivity contribution < 1.29 is 24.2 Å². The molecule has 146 valence electrons. The zero-order valence-electron chi connectivity index (χ0n) is 15.6. The highest BCUT2D eigenvalue weighted by Crippen LogP contribution is 2.37. The van der Waals surface area contributed by atoms with E-state index in [1.165, 1.54) is 18.4 Å². The van der Waals surface area contributed by atoms with Crippen molar-refractivity contribution >= 4 is 34.2 Å². The molecule has 28 heavy (non-hydrogen) atoms. The average molecular weight is 399 g/mol. The Hall–Kier alpha value is -2.93. The standard InChI is InChI=1S/C21H21NO5S/c1-12-7-9-13(10-8-12)16-11-28-19(17(16)21(26)27-2)22-18(23)14-5-3-4-6-15(14)20(24)25/h3-4,7-11,14-15H,5-6H2,1-2H3,(H,22,23)(H,24,25)/t14-,15+/m1/s1. The van der Waals surface area contributed by atoms with Crippen molar-refractivity contribution in [3.8, 4) is 11.1 Å². The molecule has 1 amide bonds. The van der Waals surface area contributed by atoms with Crippen LogP contribution < -0.4 is 5.32 Å². The number of methoxy groups -OCH3 is 1. The minimum atomic E-state index is -0.996. The zero-order valence-corrected chi connectivity index (χ0v) is 16.4. The summed E-state index contributed by atoms with van der Waals surface area (Å²) in [6, 6.07) is 7.69. The Bertz CT molecular complexity index is 929. The Morgan fingerprint density at radius 2 is 1.75 bits per heavy atom. The van der Waals surface area contributed by atoms with Gasteiger partial charge in [0.2, 0.25) is 5.91 Å². The molecule has 0 aliphatic heterocycles. The average Bonchev–Trinajstić information content (AvgIpc) is 3.11. The van der Waals surface area contributed by atoms with Crippen LogP contribution in [0.2, 0.25) is 0 Å². The molecule has 0 unspecified atom stereocenters. The van der Waals surface area contributed by atoms with E-state index in [1.54, 1.807) is 11.5 Å². The first kappa shape index (κ1) is 19.8. The minimum Gasteiger partial charge on any atom is -0.481 e. The Balaban J connectivity index is 1.92. The van der Waals surface area contributed by atoms with Gasteiger partial charge in [0.05, 0.1) is 18.9 Å². The number of ether oxygens (including phenoxy) is 1. The lowest BCUT2D eigenvalue weighted by molar-refractivity contribution is -0.146. The third-order valence-corrected chi connectivity index (χ3v) is 5.76. The molecular weight excluding hydrogens is 378 g/mol. The van der Waals surface area contributed by atoms with E-state index in [0.717, 1.165) is 11.1 Å². The van der Waals surface area contributed by atoms with Crippen molar-refractivity contribution in [3.05, 3.63) is 52.9 Å². The van der Waals surface area contributed by atoms with Crippen LogP contribution in [0.5, 0.6) is 0 Å². The van der Waals surface area contributed by atoms with Gasteiger partial charge in [-0.25, -0.2) is 4.79 Å². The third-order valence-electron chi connectivity index (χ3n) is 4.87. The summed E-state index contributed by atoms with van der Waals surface area (Å²) >= 11 is 1.22. The van der Waals surface area contributed by atoms with Crippen molar-refractivity contribution in [1.29, 1.82) is 0 Å². The lowest BCUT2D eigenvalue weighted by Crippen LogP contribution is -2.34. The van der Waals surface area contributed by atoms with E-state index in [2.05, 4.69) is 5.32 Å². The number of aliphatic carboxylic acids is 1. The fraction of sp³-hybridized carbons (Fsp3) is 0.286. The zero-order chi connectivity index (χ0) is 20.3. The predicted molar refractivity (Wildman–Crippen MR) is 107 cm³/mol. The van der Waals surface area contributed by atoms with Crippen LogP contribution in [-0.2, 0) is 14.3 Å². The highest BCUT2D eigenvalue weighted by Gasteiger charge is 2.35. The molecule has 1 heterocycles. The van der Waals surface area contributed by atoms with E-state index < -0.39 is 29.7 Å². The molecule has 0 saturated carbocycles. The first-order valence-corrected chi connectivity index (χ1v) is 9.75. The molecule has 3 rings (SSSR count). The number of nitrogens with one attached hydrogen (secondary N) is 1. The molecule has 7 heteroatoms. The van der Waals surface area contributed by atoms with Gasteiger partial charge < -0.3 is 15.2 Å². The predicted octanol–water partition coefficient (Wildman–Crippen LogP) is 4.12. The van der Waals surface area contributed by atoms with E-state index >= 15 is 0 Å². The second kappa shape index (κ2) is 8.39. The molecule has 2 N–H and O–H groups in total. The van der Waals surface area contributed by atoms with Crippen LogP contribution in [0.3, 0.4) is 0 Å². The fourth-order valence-corrected chi connectivity index (χ4v) is 4.24. The Labute approximate surface area is 166 Å². The molecule has 0 spiro atoms. The van der Waals surface area contributed by atoms with Gasteiger partial charge in [-0.2, -0.15) is 0 Å². The number of anilines is 1. The summed E-state index contributed by atoms with van der Waals surface area (Å²) in [6.07, 6.45) is 4.27. The first-order valence-electron chi connectivity index (χ1n) is 8.88. The summed E-state index contributed by atoms with van der Waals surface area (Å²) in [7, 11) is 1.29. The molecule has 0 radical (unpaired) electrons. The van der Waals surface area contributed by atoms with Crippen molar-refractivity contribution in [3.63, 3.8) is 0 Å². The monoisotopic (exact) mass is 399 g/mol. The highest BCUT2D eigenvalue weighted by atomic mass is 32.1. The molecule has 6 nitrogen and oxygen atoms in total. The van der Waals surface area contributed by atoms with Gasteiger partial charge in [0.1, 0.15) is 10.6 Å². The van der Waals surface area contributed by atoms with Gasteiger partial charge in [-0.05, 0) is 25.3 Å². The number of allylic oxidation sites excluding steroid dienone is 2. The SMILES string of the molecule is COC(=O)c1c(-c2ccc(C)cc2)csc1NC(=O)[C@@H]1CC=CC[C@@H]1C(=O)O. The topological polar surface area (TPSA) is 92.7 Å². The van der Waals surface area contributed by atoms with Gasteiger partial charge in [-0.3, -0.25) is 9.59 Å². The second-order valence-electron chi connectivity index (χ2n) is 6.69. The van der Waals surface area contributed by atoms with Crippen LogP contribution in [-0.4, -0.2) is 30.1 Å². The molecule has 2 atom stereocenters. The van der Waals surface area contributed by atoms with Crippen molar-refractivity contribution in [2.45, 2.75) is 19.8 Å². The number of benzene rings is 1. The van der Waals surface area contributed by atoms with E-state index in [4.69, 9.17) is 4.74 Å². The van der Waals surface area contributed by atoms with E-state index in [1.807, 2.05) is 37.3 Å². The minimum absolute atomic E-state index is 0.280. The molecule has 1 aromatic heterocycles. The molecule has 1 aliphatic carbocycles. The van der Waals surface area contributed by atoms with E-state index in [0.29, 0.717) is 23.4 Å². The van der Waals surface area contributed by atoms with Gasteiger partial charge in [0.25, 0.3) is 0 Å². The molecular formula is C21H21NO5S. The smallest absolute Gasteiger partial charge is 0.341 e. The summed E-state index contributed by atoms with van der Waals surface area (Å²) in [4.78, 5) is 36.7. The summed E-state index contributed by atoms with van der Waals surface area (Å²) in [5.41, 5.74) is 2.89. The molecule has 1 aromatic carbocycles. The van der Waals surface area contributed by atoms with Gasteiger partial charge >= 0.3 is 11.9 Å². The van der Waals surface area contributed by atoms with E-state index in [9.17, 15) is 19.5 Å². The second-order valence-corrected chi connectivity index (χ2v) is 7.57. The normalized spacial score (nSPS) is 18.5. The third kappa shape index (κ3) is 3.99. The van der Waals surface area contributed by atoms with Crippen LogP contribution in [0.15, 0.2) is 41.8 Å². The molecule has 0 saturated heterocycles. The first-order chi connectivity index (χ1) is 13.4. The number of thiophene rings is 1. The van der Waals surface area contributed by atoms with Crippen LogP contribution in [0.4, 0.5) is 5.00 Å². The van der Waals surface area contributed by atoms with Crippen LogP contribution in [0.25, 0.3) is 11.1 Å². The van der Waals surface area contributed by atoms with Crippen LogP contribution in [0.1, 0.15) is 28.8 Å². The molecule has 2 aromatic rings. The summed E-state index contributed by atoms with van der Waals surface area (Å²) in [5, 5.41) is 14.3. The largest absolute Gasteiger partial charge is 0.481 e. The van der Waals surface area contributed by atoms with Gasteiger partial charge in [-0.1, -0.05) is 42.0 Å². The number of hydrogen-bond donors (Lipinski definition) is 2. The number of aryl methyl sites for hydroxylation is 1. The van der Waals surface area contributed by atoms with Crippen molar-refractivity contribution in [1.82, 2.24) is 0 Å².